The quantitative estimate of drug-likeness (QED) is 0.665. The normalized spacial score (nSPS) is 8.31. The molecule has 0 spiro atoms. The average molecular weight is 187 g/mol. The van der Waals surface area contributed by atoms with E-state index in [2.05, 4.69) is 17.2 Å². The Kier molecular flexibility index (Phi) is 3.96. The zero-order valence-corrected chi connectivity index (χ0v) is 8.19. The van der Waals surface area contributed by atoms with E-state index in [9.17, 15) is 0 Å². The van der Waals surface area contributed by atoms with Crippen molar-refractivity contribution in [1.29, 1.82) is 5.26 Å². The Morgan fingerprint density at radius 3 is 2.85 bits per heavy atom. The van der Waals surface area contributed by atoms with Gasteiger partial charge in [0.05, 0.1) is 11.6 Å². The van der Waals surface area contributed by atoms with Crippen molar-refractivity contribution < 1.29 is 0 Å². The molecule has 0 saturated carbocycles. The number of hydrogen-bond acceptors (Lipinski definition) is 2. The van der Waals surface area contributed by atoms with Gasteiger partial charge in [-0.2, -0.15) is 5.26 Å². The van der Waals surface area contributed by atoms with Gasteiger partial charge in [0.1, 0.15) is 0 Å². The van der Waals surface area contributed by atoms with Crippen molar-refractivity contribution in [2.45, 2.75) is 12.7 Å². The average Bonchev–Trinajstić information content (AvgIpc) is 2.19. The van der Waals surface area contributed by atoms with Crippen LogP contribution in [0.25, 0.3) is 0 Å². The molecule has 0 aliphatic heterocycles. The molecular formula is C11H9NS. The molecule has 13 heavy (non-hydrogen) atoms. The second-order valence-corrected chi connectivity index (χ2v) is 3.19. The van der Waals surface area contributed by atoms with E-state index in [0.29, 0.717) is 0 Å². The molecule has 0 bridgehead atoms. The fourth-order valence-electron chi connectivity index (χ4n) is 0.941. The van der Waals surface area contributed by atoms with Crippen molar-refractivity contribution in [3.8, 4) is 17.2 Å². The monoisotopic (exact) mass is 187 g/mol. The highest BCUT2D eigenvalue weighted by atomic mass is 32.2. The van der Waals surface area contributed by atoms with E-state index in [4.69, 9.17) is 5.26 Å². The molecule has 64 valence electrons. The van der Waals surface area contributed by atoms with Gasteiger partial charge in [0, 0.05) is 5.75 Å². The number of hydrogen-bond donors (Lipinski definition) is 0. The summed E-state index contributed by atoms with van der Waals surface area (Å²) < 4.78 is 0. The van der Waals surface area contributed by atoms with Crippen molar-refractivity contribution >= 4 is 11.8 Å². The van der Waals surface area contributed by atoms with Crippen LogP contribution in [-0.4, -0.2) is 0 Å². The Balaban J connectivity index is 2.75. The van der Waals surface area contributed by atoms with E-state index in [1.54, 1.807) is 0 Å². The Hall–Kier alpha value is -1.38. The van der Waals surface area contributed by atoms with Crippen LogP contribution in [0.3, 0.4) is 0 Å². The molecule has 0 saturated heterocycles. The largest absolute Gasteiger partial charge is 0.192 e. The van der Waals surface area contributed by atoms with E-state index >= 15 is 0 Å². The van der Waals surface area contributed by atoms with Gasteiger partial charge < -0.3 is 0 Å². The van der Waals surface area contributed by atoms with E-state index in [1.807, 2.05) is 31.2 Å². The number of benzene rings is 1. The van der Waals surface area contributed by atoms with Crippen LogP contribution >= 0.6 is 11.8 Å². The Morgan fingerprint density at radius 1 is 1.38 bits per heavy atom. The van der Waals surface area contributed by atoms with Crippen LogP contribution in [0.5, 0.6) is 0 Å². The third-order valence-electron chi connectivity index (χ3n) is 1.54. The molecule has 0 aromatic heterocycles. The maximum Gasteiger partial charge on any atom is 0.0994 e. The molecule has 0 aliphatic rings. The summed E-state index contributed by atoms with van der Waals surface area (Å²) in [4.78, 5) is 0. The van der Waals surface area contributed by atoms with Crippen LogP contribution in [0.1, 0.15) is 18.1 Å². The van der Waals surface area contributed by atoms with Crippen LogP contribution in [0.15, 0.2) is 24.3 Å². The minimum atomic E-state index is 0.743. The summed E-state index contributed by atoms with van der Waals surface area (Å²) in [7, 11) is 0. The first kappa shape index (κ1) is 9.71. The highest BCUT2D eigenvalue weighted by Gasteiger charge is 1.98. The number of nitriles is 1. The number of thioether (sulfide) groups is 1. The lowest BCUT2D eigenvalue weighted by Gasteiger charge is -1.98. The van der Waals surface area contributed by atoms with E-state index in [1.165, 1.54) is 11.8 Å². The van der Waals surface area contributed by atoms with Crippen molar-refractivity contribution in [1.82, 2.24) is 0 Å². The standard InChI is InChI=1S/C11H9NS/c1-2-7-13-9-11-6-4-3-5-10(11)8-12/h3-6H,9H2,1H3. The zero-order chi connectivity index (χ0) is 9.52. The smallest absolute Gasteiger partial charge is 0.0994 e. The molecular weight excluding hydrogens is 178 g/mol. The fraction of sp³-hybridized carbons (Fsp3) is 0.182. The van der Waals surface area contributed by atoms with Gasteiger partial charge in [-0.1, -0.05) is 35.9 Å². The van der Waals surface area contributed by atoms with E-state index in [-0.39, 0.29) is 0 Å². The highest BCUT2D eigenvalue weighted by Crippen LogP contribution is 2.14. The Bertz CT molecular complexity index is 379. The lowest BCUT2D eigenvalue weighted by molar-refractivity contribution is 1.36. The summed E-state index contributed by atoms with van der Waals surface area (Å²) >= 11 is 1.52. The molecule has 0 aliphatic carbocycles. The molecule has 0 heterocycles. The zero-order valence-electron chi connectivity index (χ0n) is 7.37. The molecule has 1 aromatic rings. The molecule has 0 unspecified atom stereocenters. The van der Waals surface area contributed by atoms with Gasteiger partial charge in [0.2, 0.25) is 0 Å². The van der Waals surface area contributed by atoms with Crippen LogP contribution in [0, 0.1) is 22.5 Å². The molecule has 2 heteroatoms. The van der Waals surface area contributed by atoms with Gasteiger partial charge in [-0.05, 0) is 23.8 Å². The summed E-state index contributed by atoms with van der Waals surface area (Å²) in [6, 6.07) is 9.76. The third-order valence-corrected chi connectivity index (χ3v) is 2.34. The summed E-state index contributed by atoms with van der Waals surface area (Å²) in [5.41, 5.74) is 1.80. The van der Waals surface area contributed by atoms with Gasteiger partial charge in [-0.25, -0.2) is 0 Å². The minimum absolute atomic E-state index is 0.743. The first-order valence-electron chi connectivity index (χ1n) is 3.90. The van der Waals surface area contributed by atoms with Gasteiger partial charge in [-0.15, -0.1) is 0 Å². The lowest BCUT2D eigenvalue weighted by Crippen LogP contribution is -1.84. The maximum atomic E-state index is 8.78. The van der Waals surface area contributed by atoms with Gasteiger partial charge in [-0.3, -0.25) is 0 Å². The summed E-state index contributed by atoms with van der Waals surface area (Å²) in [5, 5.41) is 11.7. The number of rotatable bonds is 2. The highest BCUT2D eigenvalue weighted by molar-refractivity contribution is 8.03. The van der Waals surface area contributed by atoms with Gasteiger partial charge >= 0.3 is 0 Å². The Labute approximate surface area is 82.8 Å². The van der Waals surface area contributed by atoms with Crippen molar-refractivity contribution in [2.24, 2.45) is 0 Å². The fourth-order valence-corrected chi connectivity index (χ4v) is 1.56. The Morgan fingerprint density at radius 2 is 2.15 bits per heavy atom. The van der Waals surface area contributed by atoms with E-state index < -0.39 is 0 Å². The molecule has 0 radical (unpaired) electrons. The van der Waals surface area contributed by atoms with Crippen LogP contribution in [0.4, 0.5) is 0 Å². The summed E-state index contributed by atoms with van der Waals surface area (Å²) in [5.74, 6) is 3.59. The molecule has 0 N–H and O–H groups in total. The molecule has 1 rings (SSSR count). The second kappa shape index (κ2) is 5.30. The van der Waals surface area contributed by atoms with Crippen molar-refractivity contribution in [2.75, 3.05) is 0 Å². The SMILES string of the molecule is CC#CSCc1ccccc1C#N. The topological polar surface area (TPSA) is 23.8 Å². The third kappa shape index (κ3) is 2.86. The first-order chi connectivity index (χ1) is 6.38. The summed E-state index contributed by atoms with van der Waals surface area (Å²) in [6.45, 7) is 1.81. The molecule has 0 fully saturated rings. The van der Waals surface area contributed by atoms with Crippen molar-refractivity contribution in [3.05, 3.63) is 35.4 Å². The van der Waals surface area contributed by atoms with Crippen LogP contribution < -0.4 is 0 Å². The van der Waals surface area contributed by atoms with Crippen molar-refractivity contribution in [3.63, 3.8) is 0 Å². The first-order valence-corrected chi connectivity index (χ1v) is 4.88. The molecule has 1 aromatic carbocycles. The molecule has 1 nitrogen and oxygen atoms in total. The predicted molar refractivity (Wildman–Crippen MR) is 55.9 cm³/mol. The molecule has 0 amide bonds. The predicted octanol–water partition coefficient (Wildman–Crippen LogP) is 2.77. The van der Waals surface area contributed by atoms with Crippen LogP contribution in [-0.2, 0) is 5.75 Å². The lowest BCUT2D eigenvalue weighted by atomic mass is 10.1. The maximum absolute atomic E-state index is 8.78. The van der Waals surface area contributed by atoms with Gasteiger partial charge in [0.15, 0.2) is 0 Å². The number of nitrogens with zero attached hydrogens (tertiary/aromatic N) is 1. The van der Waals surface area contributed by atoms with Gasteiger partial charge in [0.25, 0.3) is 0 Å². The van der Waals surface area contributed by atoms with Crippen LogP contribution in [0.2, 0.25) is 0 Å². The summed E-state index contributed by atoms with van der Waals surface area (Å²) in [6.07, 6.45) is 0. The molecule has 0 atom stereocenters. The van der Waals surface area contributed by atoms with E-state index in [0.717, 1.165) is 16.9 Å². The second-order valence-electron chi connectivity index (χ2n) is 2.41. The minimum Gasteiger partial charge on any atom is -0.192 e.